The van der Waals surface area contributed by atoms with Crippen LogP contribution in [0.15, 0.2) is 48.5 Å². The highest BCUT2D eigenvalue weighted by Gasteiger charge is 2.29. The van der Waals surface area contributed by atoms with Crippen molar-refractivity contribution < 1.29 is 29.3 Å². The summed E-state index contributed by atoms with van der Waals surface area (Å²) in [6.07, 6.45) is 1.66. The second kappa shape index (κ2) is 15.4. The lowest BCUT2D eigenvalue weighted by atomic mass is 9.77. The van der Waals surface area contributed by atoms with Crippen LogP contribution in [0.25, 0.3) is 0 Å². The molecule has 0 heterocycles. The summed E-state index contributed by atoms with van der Waals surface area (Å²) in [5.74, 6) is -0.257. The fourth-order valence-electron chi connectivity index (χ4n) is 8.09. The van der Waals surface area contributed by atoms with Gasteiger partial charge in [-0.3, -0.25) is 9.59 Å². The van der Waals surface area contributed by atoms with Crippen LogP contribution in [-0.4, -0.2) is 36.4 Å². The van der Waals surface area contributed by atoms with Gasteiger partial charge in [0.1, 0.15) is 11.5 Å². The zero-order chi connectivity index (χ0) is 41.7. The highest BCUT2D eigenvalue weighted by atomic mass is 16.5. The van der Waals surface area contributed by atoms with Gasteiger partial charge in [0, 0.05) is 25.7 Å². The standard InChI is InChI=1S/C50H64O6/c1-47(2,3)37-19-29-15-33-23-39(49(7,8)9)25-35(45(33)55-13)17-31-21-38(48(4,5)6)22-32(42(31)28-44(53)54)18-36-26-40(50(10,11)12)24-34(46(36)56-14)16-30(20-37)41(29)27-43(51)52/h19-26H,15-18,27-28H2,1-14H3,(H,51,52)(H,53,54). The molecule has 6 nitrogen and oxygen atoms in total. The predicted molar refractivity (Wildman–Crippen MR) is 228 cm³/mol. The van der Waals surface area contributed by atoms with E-state index in [1.54, 1.807) is 14.2 Å². The van der Waals surface area contributed by atoms with Gasteiger partial charge >= 0.3 is 11.9 Å². The minimum atomic E-state index is -0.878. The van der Waals surface area contributed by atoms with Crippen molar-refractivity contribution in [1.29, 1.82) is 0 Å². The molecule has 8 bridgehead atoms. The molecule has 1 aliphatic rings. The molecule has 6 heteroatoms. The molecule has 300 valence electrons. The first-order valence-corrected chi connectivity index (χ1v) is 19.9. The van der Waals surface area contributed by atoms with Gasteiger partial charge in [-0.25, -0.2) is 0 Å². The molecule has 0 aromatic heterocycles. The maximum Gasteiger partial charge on any atom is 0.307 e. The molecule has 0 atom stereocenters. The van der Waals surface area contributed by atoms with E-state index in [0.29, 0.717) is 25.7 Å². The summed E-state index contributed by atoms with van der Waals surface area (Å²) in [6, 6.07) is 17.7. The van der Waals surface area contributed by atoms with E-state index < -0.39 is 11.9 Å². The van der Waals surface area contributed by atoms with Gasteiger partial charge in [0.05, 0.1) is 27.1 Å². The van der Waals surface area contributed by atoms with Crippen LogP contribution in [0, 0.1) is 0 Å². The lowest BCUT2D eigenvalue weighted by Gasteiger charge is -2.29. The Hall–Kier alpha value is -4.58. The fraction of sp³-hybridized carbons (Fsp3) is 0.480. The first kappa shape index (κ1) is 42.6. The van der Waals surface area contributed by atoms with Gasteiger partial charge < -0.3 is 19.7 Å². The molecular formula is C50H64O6. The van der Waals surface area contributed by atoms with Crippen molar-refractivity contribution in [2.45, 2.75) is 143 Å². The number of ether oxygens (including phenoxy) is 2. The van der Waals surface area contributed by atoms with Gasteiger partial charge in [0.25, 0.3) is 0 Å². The molecule has 0 radical (unpaired) electrons. The van der Waals surface area contributed by atoms with E-state index in [2.05, 4.69) is 132 Å². The normalized spacial score (nSPS) is 13.7. The van der Waals surface area contributed by atoms with Gasteiger partial charge in [-0.2, -0.15) is 0 Å². The number of carboxylic acids is 2. The molecule has 0 saturated carbocycles. The van der Waals surface area contributed by atoms with Crippen LogP contribution >= 0.6 is 0 Å². The molecule has 0 spiro atoms. The Kier molecular flexibility index (Phi) is 11.7. The Morgan fingerprint density at radius 2 is 0.625 bits per heavy atom. The van der Waals surface area contributed by atoms with Crippen molar-refractivity contribution in [3.63, 3.8) is 0 Å². The Morgan fingerprint density at radius 1 is 0.429 bits per heavy atom. The van der Waals surface area contributed by atoms with E-state index in [1.807, 2.05) is 0 Å². The highest BCUT2D eigenvalue weighted by Crippen LogP contribution is 2.41. The number of hydrogen-bond donors (Lipinski definition) is 2. The van der Waals surface area contributed by atoms with Crippen molar-refractivity contribution in [2.24, 2.45) is 0 Å². The van der Waals surface area contributed by atoms with E-state index in [0.717, 1.165) is 89.4 Å². The third-order valence-corrected chi connectivity index (χ3v) is 11.4. The van der Waals surface area contributed by atoms with E-state index in [9.17, 15) is 19.8 Å². The highest BCUT2D eigenvalue weighted by molar-refractivity contribution is 5.73. The molecule has 2 N–H and O–H groups in total. The first-order valence-electron chi connectivity index (χ1n) is 19.9. The predicted octanol–water partition coefficient (Wildman–Crippen LogP) is 10.8. The third-order valence-electron chi connectivity index (χ3n) is 11.4. The summed E-state index contributed by atoms with van der Waals surface area (Å²) in [7, 11) is 3.40. The lowest BCUT2D eigenvalue weighted by molar-refractivity contribution is -0.137. The number of hydrogen-bond acceptors (Lipinski definition) is 4. The number of aliphatic carboxylic acids is 2. The molecular weight excluding hydrogens is 697 g/mol. The topological polar surface area (TPSA) is 93.1 Å². The van der Waals surface area contributed by atoms with E-state index in [-0.39, 0.29) is 34.5 Å². The molecule has 0 unspecified atom stereocenters. The van der Waals surface area contributed by atoms with Crippen LogP contribution in [0.5, 0.6) is 11.5 Å². The molecule has 5 rings (SSSR count). The Bertz CT molecular complexity index is 1910. The monoisotopic (exact) mass is 760 g/mol. The van der Waals surface area contributed by atoms with Gasteiger partial charge in [0.15, 0.2) is 0 Å². The summed E-state index contributed by atoms with van der Waals surface area (Å²) in [4.78, 5) is 25.5. The summed E-state index contributed by atoms with van der Waals surface area (Å²) < 4.78 is 12.7. The maximum absolute atomic E-state index is 12.7. The number of methoxy groups -OCH3 is 2. The minimum absolute atomic E-state index is 0.115. The Labute approximate surface area is 335 Å². The van der Waals surface area contributed by atoms with Gasteiger partial charge in [-0.05, 0) is 99.5 Å². The summed E-state index contributed by atoms with van der Waals surface area (Å²) in [5, 5.41) is 20.9. The number of carboxylic acid groups (broad SMARTS) is 2. The molecule has 0 aliphatic heterocycles. The van der Waals surface area contributed by atoms with Crippen LogP contribution in [0.2, 0.25) is 0 Å². The average molecular weight is 761 g/mol. The zero-order valence-electron chi connectivity index (χ0n) is 36.4. The summed E-state index contributed by atoms with van der Waals surface area (Å²) in [5.41, 5.74) is 13.1. The summed E-state index contributed by atoms with van der Waals surface area (Å²) >= 11 is 0. The number of carbonyl (C=O) groups is 2. The first-order chi connectivity index (χ1) is 25.8. The average Bonchev–Trinajstić information content (AvgIpc) is 3.04. The van der Waals surface area contributed by atoms with Crippen LogP contribution in [-0.2, 0) is 69.8 Å². The quantitative estimate of drug-likeness (QED) is 0.179. The summed E-state index contributed by atoms with van der Waals surface area (Å²) in [6.45, 7) is 26.4. The van der Waals surface area contributed by atoms with Gasteiger partial charge in [-0.1, -0.05) is 132 Å². The molecule has 0 fully saturated rings. The van der Waals surface area contributed by atoms with Crippen molar-refractivity contribution in [3.05, 3.63) is 126 Å². The van der Waals surface area contributed by atoms with E-state index in [4.69, 9.17) is 9.47 Å². The van der Waals surface area contributed by atoms with Crippen molar-refractivity contribution in [1.82, 2.24) is 0 Å². The number of benzene rings is 4. The maximum atomic E-state index is 12.7. The third kappa shape index (κ3) is 9.33. The van der Waals surface area contributed by atoms with Gasteiger partial charge in [-0.15, -0.1) is 0 Å². The Morgan fingerprint density at radius 3 is 0.786 bits per heavy atom. The zero-order valence-corrected chi connectivity index (χ0v) is 36.4. The minimum Gasteiger partial charge on any atom is -0.496 e. The molecule has 56 heavy (non-hydrogen) atoms. The van der Waals surface area contributed by atoms with Crippen LogP contribution in [0.1, 0.15) is 161 Å². The SMILES string of the molecule is COc1c2cc(C(C)(C)C)cc1Cc1cc(C(C)(C)C)cc(c1CC(=O)O)Cc1cc(C(C)(C)C)cc(c1OC)Cc1cc(C(C)(C)C)cc(c1CC(=O)O)C2. The molecule has 4 aromatic rings. The molecule has 4 aromatic carbocycles. The van der Waals surface area contributed by atoms with Crippen LogP contribution < -0.4 is 9.47 Å². The van der Waals surface area contributed by atoms with E-state index >= 15 is 0 Å². The van der Waals surface area contributed by atoms with Crippen molar-refractivity contribution >= 4 is 11.9 Å². The Balaban J connectivity index is 2.02. The van der Waals surface area contributed by atoms with Crippen molar-refractivity contribution in [2.75, 3.05) is 14.2 Å². The number of fused-ring (bicyclic) bond motifs is 8. The van der Waals surface area contributed by atoms with Crippen molar-refractivity contribution in [3.8, 4) is 11.5 Å². The molecule has 0 saturated heterocycles. The second-order valence-corrected chi connectivity index (χ2v) is 20.0. The van der Waals surface area contributed by atoms with Gasteiger partial charge in [0.2, 0.25) is 0 Å². The fourth-order valence-corrected chi connectivity index (χ4v) is 8.09. The van der Waals surface area contributed by atoms with Crippen LogP contribution in [0.4, 0.5) is 0 Å². The number of rotatable bonds is 6. The lowest BCUT2D eigenvalue weighted by Crippen LogP contribution is -2.19. The molecule has 1 aliphatic carbocycles. The largest absolute Gasteiger partial charge is 0.496 e. The van der Waals surface area contributed by atoms with E-state index in [1.165, 1.54) is 0 Å². The molecule has 0 amide bonds. The second-order valence-electron chi connectivity index (χ2n) is 20.0. The van der Waals surface area contributed by atoms with Crippen LogP contribution in [0.3, 0.4) is 0 Å². The smallest absolute Gasteiger partial charge is 0.307 e.